The Hall–Kier alpha value is -1.90. The van der Waals surface area contributed by atoms with Gasteiger partial charge in [0, 0.05) is 6.21 Å². The van der Waals surface area contributed by atoms with Gasteiger partial charge in [0.2, 0.25) is 0 Å². The molecule has 0 bridgehead atoms. The van der Waals surface area contributed by atoms with E-state index < -0.39 is 5.54 Å². The van der Waals surface area contributed by atoms with Crippen LogP contribution in [0.15, 0.2) is 52.6 Å². The third kappa shape index (κ3) is 1.56. The summed E-state index contributed by atoms with van der Waals surface area (Å²) in [6.45, 7) is 1.93. The van der Waals surface area contributed by atoms with Crippen LogP contribution in [-0.4, -0.2) is 17.1 Å². The number of aliphatic imine (C=N–C) groups is 1. The molecule has 1 atom stereocenters. The molecule has 0 aromatic heterocycles. The molecule has 76 valence electrons. The van der Waals surface area contributed by atoms with Crippen LogP contribution in [0.1, 0.15) is 12.5 Å². The molecular formula is C12H12N2O. The fourth-order valence-corrected chi connectivity index (χ4v) is 1.67. The molecule has 1 aromatic rings. The zero-order valence-corrected chi connectivity index (χ0v) is 8.46. The first-order valence-corrected chi connectivity index (χ1v) is 4.77. The number of benzene rings is 1. The second kappa shape index (κ2) is 3.69. The van der Waals surface area contributed by atoms with Crippen LogP contribution >= 0.6 is 0 Å². The number of hydrogen-bond donors (Lipinski definition) is 1. The fraction of sp³-hybridized carbons (Fsp3) is 0.167. The first-order valence-electron chi connectivity index (χ1n) is 4.77. The topological polar surface area (TPSA) is 45.0 Å². The van der Waals surface area contributed by atoms with E-state index in [4.69, 9.17) is 5.21 Å². The van der Waals surface area contributed by atoms with E-state index in [9.17, 15) is 0 Å². The highest BCUT2D eigenvalue weighted by Crippen LogP contribution is 2.29. The Bertz CT molecular complexity index is 434. The van der Waals surface area contributed by atoms with Crippen LogP contribution in [0.25, 0.3) is 0 Å². The largest absolute Gasteiger partial charge is 0.411 e. The molecule has 1 N–H and O–H groups in total. The molecule has 1 aliphatic rings. The summed E-state index contributed by atoms with van der Waals surface area (Å²) in [5, 5.41) is 12.2. The number of nitrogens with zero attached hydrogens (tertiary/aromatic N) is 2. The van der Waals surface area contributed by atoms with E-state index in [2.05, 4.69) is 10.1 Å². The standard InChI is InChI=1S/C12H12N2O/c1-12(10-6-3-2-4-7-10)11(14-15)8-5-9-13-12/h2-9,15H,1H3/b14-11+. The van der Waals surface area contributed by atoms with Gasteiger partial charge >= 0.3 is 0 Å². The van der Waals surface area contributed by atoms with Crippen LogP contribution < -0.4 is 0 Å². The van der Waals surface area contributed by atoms with E-state index in [1.165, 1.54) is 0 Å². The molecule has 0 amide bonds. The summed E-state index contributed by atoms with van der Waals surface area (Å²) in [6, 6.07) is 9.79. The van der Waals surface area contributed by atoms with Crippen LogP contribution in [-0.2, 0) is 5.54 Å². The monoisotopic (exact) mass is 200 g/mol. The van der Waals surface area contributed by atoms with Crippen molar-refractivity contribution >= 4 is 11.9 Å². The number of rotatable bonds is 1. The minimum absolute atomic E-state index is 0.552. The van der Waals surface area contributed by atoms with Crippen molar-refractivity contribution in [2.75, 3.05) is 0 Å². The highest BCUT2D eigenvalue weighted by atomic mass is 16.4. The van der Waals surface area contributed by atoms with Gasteiger partial charge in [0.05, 0.1) is 0 Å². The molecular weight excluding hydrogens is 188 g/mol. The average Bonchev–Trinajstić information content (AvgIpc) is 2.31. The molecule has 0 fully saturated rings. The summed E-state index contributed by atoms with van der Waals surface area (Å²) in [5.41, 5.74) is 0.986. The third-order valence-electron chi connectivity index (χ3n) is 2.62. The Morgan fingerprint density at radius 2 is 2.00 bits per heavy atom. The molecule has 3 nitrogen and oxygen atoms in total. The Morgan fingerprint density at radius 1 is 1.27 bits per heavy atom. The van der Waals surface area contributed by atoms with Crippen molar-refractivity contribution in [2.45, 2.75) is 12.5 Å². The lowest BCUT2D eigenvalue weighted by molar-refractivity contribution is 0.314. The molecule has 0 saturated carbocycles. The van der Waals surface area contributed by atoms with Crippen molar-refractivity contribution in [2.24, 2.45) is 10.1 Å². The molecule has 1 unspecified atom stereocenters. The van der Waals surface area contributed by atoms with E-state index in [0.717, 1.165) is 5.56 Å². The Kier molecular flexibility index (Phi) is 2.37. The molecule has 0 spiro atoms. The van der Waals surface area contributed by atoms with Gasteiger partial charge < -0.3 is 5.21 Å². The second-order valence-corrected chi connectivity index (χ2v) is 3.56. The molecule has 1 aromatic carbocycles. The van der Waals surface area contributed by atoms with Crippen LogP contribution in [0, 0.1) is 0 Å². The molecule has 3 heteroatoms. The van der Waals surface area contributed by atoms with Gasteiger partial charge in [-0.25, -0.2) is 0 Å². The number of oxime groups is 1. The highest BCUT2D eigenvalue weighted by Gasteiger charge is 2.31. The first-order chi connectivity index (χ1) is 7.27. The molecule has 0 saturated heterocycles. The van der Waals surface area contributed by atoms with E-state index in [1.807, 2.05) is 37.3 Å². The predicted molar refractivity (Wildman–Crippen MR) is 60.6 cm³/mol. The zero-order valence-electron chi connectivity index (χ0n) is 8.46. The van der Waals surface area contributed by atoms with E-state index in [-0.39, 0.29) is 0 Å². The highest BCUT2D eigenvalue weighted by molar-refractivity contribution is 6.07. The fourth-order valence-electron chi connectivity index (χ4n) is 1.67. The number of dihydropyridines is 1. The zero-order chi connectivity index (χ0) is 10.7. The Morgan fingerprint density at radius 3 is 2.67 bits per heavy atom. The van der Waals surface area contributed by atoms with E-state index in [1.54, 1.807) is 18.4 Å². The summed E-state index contributed by atoms with van der Waals surface area (Å²) in [7, 11) is 0. The van der Waals surface area contributed by atoms with Gasteiger partial charge in [-0.3, -0.25) is 4.99 Å². The Balaban J connectivity index is 2.51. The van der Waals surface area contributed by atoms with Crippen molar-refractivity contribution in [3.8, 4) is 0 Å². The van der Waals surface area contributed by atoms with Crippen molar-refractivity contribution in [1.82, 2.24) is 0 Å². The predicted octanol–water partition coefficient (Wildman–Crippen LogP) is 2.37. The van der Waals surface area contributed by atoms with Crippen LogP contribution in [0.4, 0.5) is 0 Å². The quantitative estimate of drug-likeness (QED) is 0.549. The summed E-state index contributed by atoms with van der Waals surface area (Å²) in [6.07, 6.45) is 5.25. The van der Waals surface area contributed by atoms with Crippen LogP contribution in [0.2, 0.25) is 0 Å². The smallest absolute Gasteiger partial charge is 0.128 e. The van der Waals surface area contributed by atoms with Gasteiger partial charge in [-0.05, 0) is 24.6 Å². The maximum absolute atomic E-state index is 8.95. The number of allylic oxidation sites excluding steroid dienone is 1. The minimum atomic E-state index is -0.579. The lowest BCUT2D eigenvalue weighted by atomic mass is 9.86. The normalized spacial score (nSPS) is 27.1. The van der Waals surface area contributed by atoms with Crippen molar-refractivity contribution in [3.63, 3.8) is 0 Å². The summed E-state index contributed by atoms with van der Waals surface area (Å²) >= 11 is 0. The number of hydrogen-bond acceptors (Lipinski definition) is 3. The van der Waals surface area contributed by atoms with Crippen molar-refractivity contribution < 1.29 is 5.21 Å². The van der Waals surface area contributed by atoms with Crippen LogP contribution in [0.5, 0.6) is 0 Å². The van der Waals surface area contributed by atoms with Gasteiger partial charge in [-0.15, -0.1) is 0 Å². The molecule has 0 aliphatic carbocycles. The van der Waals surface area contributed by atoms with Gasteiger partial charge in [0.25, 0.3) is 0 Å². The van der Waals surface area contributed by atoms with Gasteiger partial charge in [-0.1, -0.05) is 35.5 Å². The lowest BCUT2D eigenvalue weighted by Gasteiger charge is -2.26. The van der Waals surface area contributed by atoms with Gasteiger partial charge in [-0.2, -0.15) is 0 Å². The molecule has 15 heavy (non-hydrogen) atoms. The molecule has 1 heterocycles. The molecule has 1 aliphatic heterocycles. The molecule has 2 rings (SSSR count). The molecule has 0 radical (unpaired) electrons. The minimum Gasteiger partial charge on any atom is -0.411 e. The van der Waals surface area contributed by atoms with E-state index in [0.29, 0.717) is 5.71 Å². The maximum Gasteiger partial charge on any atom is 0.128 e. The SMILES string of the molecule is CC1(c2ccccc2)N=CC=C/C1=N\O. The van der Waals surface area contributed by atoms with Gasteiger partial charge in [0.15, 0.2) is 0 Å². The van der Waals surface area contributed by atoms with E-state index >= 15 is 0 Å². The first kappa shape index (κ1) is 9.65. The Labute approximate surface area is 88.5 Å². The maximum atomic E-state index is 8.95. The van der Waals surface area contributed by atoms with Crippen LogP contribution in [0.3, 0.4) is 0 Å². The average molecular weight is 200 g/mol. The third-order valence-corrected chi connectivity index (χ3v) is 2.62. The second-order valence-electron chi connectivity index (χ2n) is 3.56. The summed E-state index contributed by atoms with van der Waals surface area (Å²) in [4.78, 5) is 4.38. The summed E-state index contributed by atoms with van der Waals surface area (Å²) in [5.74, 6) is 0. The van der Waals surface area contributed by atoms with Crippen molar-refractivity contribution in [1.29, 1.82) is 0 Å². The van der Waals surface area contributed by atoms with Gasteiger partial charge in [0.1, 0.15) is 11.3 Å². The van der Waals surface area contributed by atoms with Crippen molar-refractivity contribution in [3.05, 3.63) is 48.0 Å². The lowest BCUT2D eigenvalue weighted by Crippen LogP contribution is -2.31. The summed E-state index contributed by atoms with van der Waals surface area (Å²) < 4.78 is 0.